The van der Waals surface area contributed by atoms with Crippen LogP contribution in [0.5, 0.6) is 0 Å². The number of hydrogen-bond donors (Lipinski definition) is 0. The van der Waals surface area contributed by atoms with Crippen molar-refractivity contribution in [2.24, 2.45) is 0 Å². The molecule has 0 fully saturated rings. The summed E-state index contributed by atoms with van der Waals surface area (Å²) in [5, 5.41) is -4.86. The largest absolute Gasteiger partial charge is 0.514 e. The lowest BCUT2D eigenvalue weighted by Crippen LogP contribution is -2.42. The Balaban J connectivity index is 1.51. The number of aryl methyl sites for hydroxylation is 1. The fraction of sp³-hybridized carbons (Fsp3) is 0.500. The van der Waals surface area contributed by atoms with Crippen LogP contribution in [-0.4, -0.2) is 35.8 Å². The highest BCUT2D eigenvalue weighted by molar-refractivity contribution is 8.32. The van der Waals surface area contributed by atoms with Gasteiger partial charge in [0.05, 0.1) is 31.6 Å². The maximum atomic E-state index is 15.5. The Morgan fingerprint density at radius 1 is 0.625 bits per heavy atom. The summed E-state index contributed by atoms with van der Waals surface area (Å²) in [5.74, 6) is -1.34. The zero-order valence-electron chi connectivity index (χ0n) is 28.1. The Morgan fingerprint density at radius 2 is 1.00 bits per heavy atom. The van der Waals surface area contributed by atoms with E-state index in [-0.39, 0.29) is 6.61 Å². The number of hydrogen-bond acceptors (Lipinski definition) is 4. The van der Waals surface area contributed by atoms with Gasteiger partial charge in [0.25, 0.3) is 0 Å². The third-order valence-corrected chi connectivity index (χ3v) is 13.9. The molecule has 0 atom stereocenters. The molecule has 0 radical (unpaired) electrons. The summed E-state index contributed by atoms with van der Waals surface area (Å²) in [6, 6.07) is 24.0. The molecule has 0 aromatic heterocycles. The molecule has 266 valence electrons. The zero-order valence-corrected chi connectivity index (χ0v) is 30.5. The average molecular weight is 726 g/mol. The van der Waals surface area contributed by atoms with Gasteiger partial charge in [0.1, 0.15) is 0 Å². The molecule has 3 rings (SSSR count). The second-order valence-corrected chi connectivity index (χ2v) is 17.2. The quantitative estimate of drug-likeness (QED) is 0.0303. The highest BCUT2D eigenvalue weighted by Crippen LogP contribution is 2.68. The van der Waals surface area contributed by atoms with Gasteiger partial charge in [-0.1, -0.05) is 138 Å². The fourth-order valence-corrected chi connectivity index (χ4v) is 11.0. The van der Waals surface area contributed by atoms with E-state index < -0.39 is 31.7 Å². The van der Waals surface area contributed by atoms with Crippen molar-refractivity contribution in [3.8, 4) is 0 Å². The third-order valence-electron chi connectivity index (χ3n) is 8.31. The standard InChI is InChI=1S/C38H51ClF2O5S2/c1-33-27-29-36(30-28-33)47(34-23-17-15-18-24-34,35-25-19-16-20-26-35)46-48(43,44)38(40,41)37(42)45-32-22-14-12-10-8-6-4-2-3-5-7-9-11-13-21-31-39/h15-20,23-30H,2-14,21-22,31-32H2,1H3/p+1. The molecule has 10 heteroatoms. The van der Waals surface area contributed by atoms with Gasteiger partial charge in [0.2, 0.25) is 0 Å². The van der Waals surface area contributed by atoms with Gasteiger partial charge >= 0.3 is 21.3 Å². The molecule has 0 unspecified atom stereocenters. The van der Waals surface area contributed by atoms with Crippen LogP contribution < -0.4 is 0 Å². The van der Waals surface area contributed by atoms with Crippen LogP contribution in [0.1, 0.15) is 102 Å². The number of halogens is 3. The first kappa shape index (κ1) is 40.0. The number of benzene rings is 3. The van der Waals surface area contributed by atoms with Crippen molar-refractivity contribution in [3.63, 3.8) is 0 Å². The first-order valence-electron chi connectivity index (χ1n) is 17.2. The van der Waals surface area contributed by atoms with Gasteiger partial charge in [-0.05, 0) is 56.2 Å². The Kier molecular flexibility index (Phi) is 17.4. The second-order valence-electron chi connectivity index (χ2n) is 12.2. The Morgan fingerprint density at radius 3 is 1.42 bits per heavy atom. The van der Waals surface area contributed by atoms with E-state index in [1.807, 2.05) is 6.92 Å². The van der Waals surface area contributed by atoms with Gasteiger partial charge in [-0.25, -0.2) is 4.79 Å². The number of rotatable bonds is 24. The van der Waals surface area contributed by atoms with Crippen molar-refractivity contribution in [2.75, 3.05) is 12.5 Å². The van der Waals surface area contributed by atoms with E-state index >= 15 is 8.78 Å². The smallest absolute Gasteiger partial charge is 0.460 e. The van der Waals surface area contributed by atoms with Gasteiger partial charge in [-0.2, -0.15) is 8.78 Å². The van der Waals surface area contributed by atoms with E-state index in [1.54, 1.807) is 84.9 Å². The molecule has 0 aliphatic rings. The maximum Gasteiger partial charge on any atom is 0.514 e. The molecule has 0 saturated carbocycles. The summed E-state index contributed by atoms with van der Waals surface area (Å²) in [4.78, 5) is 13.9. The number of unbranched alkanes of at least 4 members (excludes halogenated alkanes) is 14. The van der Waals surface area contributed by atoms with Crippen molar-refractivity contribution in [3.05, 3.63) is 90.5 Å². The summed E-state index contributed by atoms with van der Waals surface area (Å²) in [5.41, 5.74) is 0.913. The van der Waals surface area contributed by atoms with Gasteiger partial charge in [-0.15, -0.1) is 20.0 Å². The summed E-state index contributed by atoms with van der Waals surface area (Å²) in [6.07, 6.45) is 16.6. The molecule has 0 aliphatic heterocycles. The summed E-state index contributed by atoms with van der Waals surface area (Å²) in [7, 11) is -8.83. The van der Waals surface area contributed by atoms with E-state index in [2.05, 4.69) is 3.63 Å². The molecule has 0 aliphatic carbocycles. The fourth-order valence-electron chi connectivity index (χ4n) is 5.55. The highest BCUT2D eigenvalue weighted by atomic mass is 35.5. The van der Waals surface area contributed by atoms with Crippen molar-refractivity contribution in [1.29, 1.82) is 0 Å². The molecule has 0 saturated heterocycles. The molecule has 0 bridgehead atoms. The minimum absolute atomic E-state index is 0.275. The van der Waals surface area contributed by atoms with Crippen molar-refractivity contribution in [2.45, 2.75) is 123 Å². The topological polar surface area (TPSA) is 73.2 Å². The number of ether oxygens (including phenoxy) is 1. The lowest BCUT2D eigenvalue weighted by molar-refractivity contribution is -0.161. The molecule has 0 spiro atoms. The molecule has 3 aromatic rings. The monoisotopic (exact) mass is 725 g/mol. The maximum absolute atomic E-state index is 15.5. The van der Waals surface area contributed by atoms with Crippen LogP contribution in [-0.2, 0) is 19.6 Å². The summed E-state index contributed by atoms with van der Waals surface area (Å²) >= 11 is 5.71. The normalized spacial score (nSPS) is 12.6. The number of esters is 1. The van der Waals surface area contributed by atoms with E-state index in [0.717, 1.165) is 37.1 Å². The van der Waals surface area contributed by atoms with Crippen LogP contribution in [0.4, 0.5) is 8.78 Å². The molecule has 0 heterocycles. The lowest BCUT2D eigenvalue weighted by Gasteiger charge is -2.35. The summed E-state index contributed by atoms with van der Waals surface area (Å²) < 4.78 is 66.8. The molecular weight excluding hydrogens is 674 g/mol. The Bertz CT molecular complexity index is 1400. The number of alkyl halides is 3. The SMILES string of the molecule is Cc1ccc(S([OH+]S(=O)(=O)C(F)(F)C(=O)OCCCCCCCCCCCCCCCCCCl)(c2ccccc2)c2ccccc2)cc1. The lowest BCUT2D eigenvalue weighted by atomic mass is 10.0. The van der Waals surface area contributed by atoms with Gasteiger partial charge < -0.3 is 4.74 Å². The minimum Gasteiger partial charge on any atom is -0.460 e. The Labute approximate surface area is 293 Å². The van der Waals surface area contributed by atoms with E-state index in [9.17, 15) is 13.2 Å². The van der Waals surface area contributed by atoms with Crippen molar-refractivity contribution in [1.82, 2.24) is 0 Å². The highest BCUT2D eigenvalue weighted by Gasteiger charge is 2.63. The van der Waals surface area contributed by atoms with Crippen LogP contribution in [0.25, 0.3) is 0 Å². The molecule has 1 N–H and O–H groups in total. The van der Waals surface area contributed by atoms with Gasteiger partial charge in [0, 0.05) is 5.88 Å². The van der Waals surface area contributed by atoms with E-state index in [1.165, 1.54) is 57.8 Å². The molecule has 0 amide bonds. The van der Waals surface area contributed by atoms with Gasteiger partial charge in [-0.3, -0.25) is 3.63 Å². The number of carbonyl (C=O) groups excluding carboxylic acids is 1. The Hall–Kier alpha value is -2.46. The van der Waals surface area contributed by atoms with Crippen LogP contribution in [0.3, 0.4) is 0 Å². The average Bonchev–Trinajstić information content (AvgIpc) is 3.09. The first-order chi connectivity index (χ1) is 23.1. The minimum atomic E-state index is -5.69. The second kappa shape index (κ2) is 20.9. The summed E-state index contributed by atoms with van der Waals surface area (Å²) in [6.45, 7) is 1.60. The zero-order chi connectivity index (χ0) is 34.7. The molecule has 3 aromatic carbocycles. The van der Waals surface area contributed by atoms with Gasteiger partial charge in [0.15, 0.2) is 0 Å². The number of carbonyl (C=O) groups is 1. The first-order valence-corrected chi connectivity index (χ1v) is 20.8. The van der Waals surface area contributed by atoms with Crippen LogP contribution in [0.15, 0.2) is 99.6 Å². The molecular formula is C38H52ClF2O5S2+. The van der Waals surface area contributed by atoms with Crippen LogP contribution in [0.2, 0.25) is 0 Å². The van der Waals surface area contributed by atoms with Crippen molar-refractivity contribution < 1.29 is 30.4 Å². The third kappa shape index (κ3) is 11.9. The molecule has 48 heavy (non-hydrogen) atoms. The molecule has 5 nitrogen and oxygen atoms in total. The van der Waals surface area contributed by atoms with Crippen LogP contribution in [0, 0.1) is 6.92 Å². The van der Waals surface area contributed by atoms with Crippen molar-refractivity contribution >= 4 is 38.0 Å². The van der Waals surface area contributed by atoms with Crippen LogP contribution >= 0.6 is 21.9 Å². The predicted octanol–water partition coefficient (Wildman–Crippen LogP) is 11.8. The predicted molar refractivity (Wildman–Crippen MR) is 194 cm³/mol. The van der Waals surface area contributed by atoms with E-state index in [0.29, 0.717) is 27.5 Å². The van der Waals surface area contributed by atoms with E-state index in [4.69, 9.17) is 16.3 Å².